The van der Waals surface area contributed by atoms with Gasteiger partial charge in [0.2, 0.25) is 5.91 Å². The molecule has 35 heavy (non-hydrogen) atoms. The van der Waals surface area contributed by atoms with E-state index >= 15 is 0 Å². The lowest BCUT2D eigenvalue weighted by atomic mass is 10.2. The standard InChI is InChI=1S/C25H22F3N5OS/c26-25(27,28)18-32(15-19-8-3-1-4-9-19)22(34)17-35-24-31-30-23(21-12-7-13-29-14-21)33(24)16-20-10-5-2-6-11-20/h1-14H,15-18H2. The van der Waals surface area contributed by atoms with Crippen molar-refractivity contribution in [2.45, 2.75) is 24.4 Å². The Labute approximate surface area is 204 Å². The van der Waals surface area contributed by atoms with Gasteiger partial charge in [0, 0.05) is 24.5 Å². The number of carbonyl (C=O) groups is 1. The van der Waals surface area contributed by atoms with Crippen molar-refractivity contribution in [3.8, 4) is 11.4 Å². The highest BCUT2D eigenvalue weighted by atomic mass is 32.2. The number of thioether (sulfide) groups is 1. The Kier molecular flexibility index (Phi) is 7.81. The van der Waals surface area contributed by atoms with Crippen molar-refractivity contribution in [1.82, 2.24) is 24.6 Å². The zero-order valence-corrected chi connectivity index (χ0v) is 19.4. The van der Waals surface area contributed by atoms with Gasteiger partial charge < -0.3 is 4.90 Å². The summed E-state index contributed by atoms with van der Waals surface area (Å²) in [6.45, 7) is -1.01. The van der Waals surface area contributed by atoms with Crippen molar-refractivity contribution in [2.24, 2.45) is 0 Å². The second-order valence-electron chi connectivity index (χ2n) is 7.76. The van der Waals surface area contributed by atoms with Gasteiger partial charge in [0.1, 0.15) is 6.54 Å². The molecule has 180 valence electrons. The lowest BCUT2D eigenvalue weighted by Gasteiger charge is -2.24. The topological polar surface area (TPSA) is 63.9 Å². The summed E-state index contributed by atoms with van der Waals surface area (Å²) < 4.78 is 41.4. The summed E-state index contributed by atoms with van der Waals surface area (Å²) in [5.74, 6) is -0.273. The Balaban J connectivity index is 1.55. The van der Waals surface area contributed by atoms with Crippen molar-refractivity contribution in [1.29, 1.82) is 0 Å². The highest BCUT2D eigenvalue weighted by molar-refractivity contribution is 7.99. The molecule has 2 aromatic carbocycles. The van der Waals surface area contributed by atoms with E-state index in [1.165, 1.54) is 0 Å². The van der Waals surface area contributed by atoms with Crippen LogP contribution in [0.4, 0.5) is 13.2 Å². The van der Waals surface area contributed by atoms with Gasteiger partial charge in [-0.05, 0) is 23.3 Å². The van der Waals surface area contributed by atoms with Crippen LogP contribution in [0.2, 0.25) is 0 Å². The first-order valence-electron chi connectivity index (χ1n) is 10.8. The minimum Gasteiger partial charge on any atom is -0.329 e. The molecule has 0 saturated carbocycles. The highest BCUT2D eigenvalue weighted by Gasteiger charge is 2.33. The minimum atomic E-state index is -4.50. The van der Waals surface area contributed by atoms with E-state index in [0.717, 1.165) is 27.8 Å². The van der Waals surface area contributed by atoms with Gasteiger partial charge >= 0.3 is 6.18 Å². The molecule has 0 fully saturated rings. The number of benzene rings is 2. The third-order valence-corrected chi connectivity index (χ3v) is 6.04. The summed E-state index contributed by atoms with van der Waals surface area (Å²) in [5, 5.41) is 8.95. The molecular weight excluding hydrogens is 475 g/mol. The number of pyridine rings is 1. The molecule has 0 bridgehead atoms. The summed E-state index contributed by atoms with van der Waals surface area (Å²) in [6, 6.07) is 21.9. The van der Waals surface area contributed by atoms with Gasteiger partial charge in [0.05, 0.1) is 12.3 Å². The van der Waals surface area contributed by atoms with Gasteiger partial charge in [-0.2, -0.15) is 13.2 Å². The van der Waals surface area contributed by atoms with E-state index in [4.69, 9.17) is 0 Å². The monoisotopic (exact) mass is 497 g/mol. The molecule has 0 aliphatic rings. The maximum Gasteiger partial charge on any atom is 0.406 e. The molecule has 2 aromatic heterocycles. The second-order valence-corrected chi connectivity index (χ2v) is 8.70. The number of nitrogens with zero attached hydrogens (tertiary/aromatic N) is 5. The third kappa shape index (κ3) is 6.92. The van der Waals surface area contributed by atoms with Crippen LogP contribution < -0.4 is 0 Å². The van der Waals surface area contributed by atoms with Crippen LogP contribution in [-0.4, -0.2) is 49.0 Å². The summed E-state index contributed by atoms with van der Waals surface area (Å²) >= 11 is 1.07. The molecule has 0 spiro atoms. The Morgan fingerprint density at radius 2 is 1.60 bits per heavy atom. The molecule has 0 aliphatic heterocycles. The molecule has 0 atom stereocenters. The van der Waals surface area contributed by atoms with Crippen LogP contribution in [0.3, 0.4) is 0 Å². The number of rotatable bonds is 9. The van der Waals surface area contributed by atoms with Crippen molar-refractivity contribution in [3.05, 3.63) is 96.3 Å². The molecule has 0 N–H and O–H groups in total. The fraction of sp³-hybridized carbons (Fsp3) is 0.200. The van der Waals surface area contributed by atoms with Crippen LogP contribution in [0, 0.1) is 0 Å². The lowest BCUT2D eigenvalue weighted by Crippen LogP contribution is -2.39. The van der Waals surface area contributed by atoms with Gasteiger partial charge in [-0.25, -0.2) is 0 Å². The zero-order chi connectivity index (χ0) is 24.7. The van der Waals surface area contributed by atoms with Gasteiger partial charge in [-0.3, -0.25) is 14.3 Å². The molecule has 1 amide bonds. The second kappa shape index (κ2) is 11.2. The van der Waals surface area contributed by atoms with Crippen molar-refractivity contribution in [2.75, 3.05) is 12.3 Å². The SMILES string of the molecule is O=C(CSc1nnc(-c2cccnc2)n1Cc1ccccc1)N(Cc1ccccc1)CC(F)(F)F. The Morgan fingerprint density at radius 1 is 0.914 bits per heavy atom. The number of carbonyl (C=O) groups excluding carboxylic acids is 1. The van der Waals surface area contributed by atoms with Crippen LogP contribution in [0.1, 0.15) is 11.1 Å². The number of hydrogen-bond donors (Lipinski definition) is 0. The van der Waals surface area contributed by atoms with Crippen LogP contribution in [-0.2, 0) is 17.9 Å². The predicted molar refractivity (Wildman–Crippen MR) is 127 cm³/mol. The van der Waals surface area contributed by atoms with E-state index in [-0.39, 0.29) is 12.3 Å². The maximum absolute atomic E-state index is 13.2. The molecule has 10 heteroatoms. The number of halogens is 3. The van der Waals surface area contributed by atoms with Crippen LogP contribution >= 0.6 is 11.8 Å². The molecule has 6 nitrogen and oxygen atoms in total. The van der Waals surface area contributed by atoms with E-state index in [1.54, 1.807) is 48.8 Å². The van der Waals surface area contributed by atoms with E-state index in [1.807, 2.05) is 41.0 Å². The molecule has 4 aromatic rings. The first kappa shape index (κ1) is 24.5. The molecule has 4 rings (SSSR count). The third-order valence-electron chi connectivity index (χ3n) is 5.08. The van der Waals surface area contributed by atoms with Crippen molar-refractivity contribution in [3.63, 3.8) is 0 Å². The number of aromatic nitrogens is 4. The summed E-state index contributed by atoms with van der Waals surface area (Å²) in [7, 11) is 0. The fourth-order valence-corrected chi connectivity index (χ4v) is 4.32. The van der Waals surface area contributed by atoms with Gasteiger partial charge in [-0.1, -0.05) is 72.4 Å². The van der Waals surface area contributed by atoms with E-state index in [2.05, 4.69) is 15.2 Å². The fourth-order valence-electron chi connectivity index (χ4n) is 3.48. The summed E-state index contributed by atoms with van der Waals surface area (Å²) in [5.41, 5.74) is 2.37. The smallest absolute Gasteiger partial charge is 0.329 e. The largest absolute Gasteiger partial charge is 0.406 e. The minimum absolute atomic E-state index is 0.128. The lowest BCUT2D eigenvalue weighted by molar-refractivity contribution is -0.160. The Bertz CT molecular complexity index is 1230. The molecular formula is C25H22F3N5OS. The van der Waals surface area contributed by atoms with Crippen LogP contribution in [0.15, 0.2) is 90.3 Å². The number of hydrogen-bond acceptors (Lipinski definition) is 5. The van der Waals surface area contributed by atoms with E-state index < -0.39 is 18.6 Å². The molecule has 0 radical (unpaired) electrons. The quantitative estimate of drug-likeness (QED) is 0.302. The number of amides is 1. The average Bonchev–Trinajstić information content (AvgIpc) is 3.25. The first-order valence-corrected chi connectivity index (χ1v) is 11.8. The normalized spacial score (nSPS) is 11.4. The van der Waals surface area contributed by atoms with Gasteiger partial charge in [0.25, 0.3) is 0 Å². The van der Waals surface area contributed by atoms with Crippen molar-refractivity contribution < 1.29 is 18.0 Å². The van der Waals surface area contributed by atoms with Gasteiger partial charge in [0.15, 0.2) is 11.0 Å². The average molecular weight is 498 g/mol. The predicted octanol–water partition coefficient (Wildman–Crippen LogP) is 5.07. The molecule has 2 heterocycles. The Hall–Kier alpha value is -3.66. The first-order chi connectivity index (χ1) is 16.9. The molecule has 0 unspecified atom stereocenters. The Morgan fingerprint density at radius 3 is 2.23 bits per heavy atom. The van der Waals surface area contributed by atoms with E-state index in [0.29, 0.717) is 23.1 Å². The van der Waals surface area contributed by atoms with Crippen molar-refractivity contribution >= 4 is 17.7 Å². The van der Waals surface area contributed by atoms with Gasteiger partial charge in [-0.15, -0.1) is 10.2 Å². The summed E-state index contributed by atoms with van der Waals surface area (Å²) in [6.07, 6.45) is -1.19. The molecule has 0 saturated heterocycles. The number of alkyl halides is 3. The molecule has 0 aliphatic carbocycles. The zero-order valence-electron chi connectivity index (χ0n) is 18.6. The summed E-state index contributed by atoms with van der Waals surface area (Å²) in [4.78, 5) is 17.8. The van der Waals surface area contributed by atoms with Crippen LogP contribution in [0.5, 0.6) is 0 Å². The van der Waals surface area contributed by atoms with Crippen LogP contribution in [0.25, 0.3) is 11.4 Å². The maximum atomic E-state index is 13.2. The van der Waals surface area contributed by atoms with E-state index in [9.17, 15) is 18.0 Å². The highest BCUT2D eigenvalue weighted by Crippen LogP contribution is 2.26.